The van der Waals surface area contributed by atoms with Crippen LogP contribution in [-0.4, -0.2) is 48.5 Å². The fraction of sp³-hybridized carbons (Fsp3) is 0.304. The van der Waals surface area contributed by atoms with Gasteiger partial charge in [-0.15, -0.1) is 11.3 Å². The second-order valence-corrected chi connectivity index (χ2v) is 8.33. The lowest BCUT2D eigenvalue weighted by molar-refractivity contribution is -0.111. The number of carbonyl (C=O) groups excluding carboxylic acids is 1. The SMILES string of the molecule is CCN1CCN(c2ccc(NC(=O)C=Cc3nc4ccccc4s3)c(C)c2)CC1. The molecule has 29 heavy (non-hydrogen) atoms. The number of rotatable bonds is 5. The number of nitrogens with zero attached hydrogens (tertiary/aromatic N) is 3. The molecule has 4 rings (SSSR count). The first-order valence-corrected chi connectivity index (χ1v) is 10.9. The van der Waals surface area contributed by atoms with Gasteiger partial charge in [0.25, 0.3) is 0 Å². The molecule has 1 aromatic heterocycles. The highest BCUT2D eigenvalue weighted by Gasteiger charge is 2.16. The van der Waals surface area contributed by atoms with Gasteiger partial charge in [-0.2, -0.15) is 0 Å². The molecule has 1 N–H and O–H groups in total. The number of nitrogens with one attached hydrogen (secondary N) is 1. The normalized spacial score (nSPS) is 15.3. The van der Waals surface area contributed by atoms with E-state index in [0.717, 1.165) is 59.2 Å². The van der Waals surface area contributed by atoms with Crippen LogP contribution in [-0.2, 0) is 4.79 Å². The van der Waals surface area contributed by atoms with Crippen LogP contribution in [0.5, 0.6) is 0 Å². The van der Waals surface area contributed by atoms with Gasteiger partial charge in [0.05, 0.1) is 10.2 Å². The fourth-order valence-corrected chi connectivity index (χ4v) is 4.46. The molecule has 5 nitrogen and oxygen atoms in total. The molecule has 0 atom stereocenters. The van der Waals surface area contributed by atoms with Gasteiger partial charge in [-0.1, -0.05) is 19.1 Å². The van der Waals surface area contributed by atoms with Gasteiger partial charge in [0, 0.05) is 43.6 Å². The summed E-state index contributed by atoms with van der Waals surface area (Å²) in [5.41, 5.74) is 4.10. The molecule has 150 valence electrons. The van der Waals surface area contributed by atoms with Crippen LogP contribution in [0.25, 0.3) is 16.3 Å². The first-order chi connectivity index (χ1) is 14.1. The van der Waals surface area contributed by atoms with Crippen LogP contribution in [0.15, 0.2) is 48.5 Å². The lowest BCUT2D eigenvalue weighted by Gasteiger charge is -2.35. The third-order valence-corrected chi connectivity index (χ3v) is 6.34. The number of likely N-dealkylation sites (N-methyl/N-ethyl adjacent to an activating group) is 1. The van der Waals surface area contributed by atoms with Crippen molar-refractivity contribution in [3.05, 3.63) is 59.1 Å². The van der Waals surface area contributed by atoms with Crippen molar-refractivity contribution in [3.8, 4) is 0 Å². The van der Waals surface area contributed by atoms with Crippen LogP contribution < -0.4 is 10.2 Å². The van der Waals surface area contributed by atoms with Gasteiger partial charge in [0.2, 0.25) is 5.91 Å². The average molecular weight is 407 g/mol. The maximum Gasteiger partial charge on any atom is 0.248 e. The number of benzene rings is 2. The number of thiazole rings is 1. The lowest BCUT2D eigenvalue weighted by atomic mass is 10.1. The maximum atomic E-state index is 12.4. The van der Waals surface area contributed by atoms with Crippen molar-refractivity contribution in [2.75, 3.05) is 42.9 Å². The smallest absolute Gasteiger partial charge is 0.248 e. The summed E-state index contributed by atoms with van der Waals surface area (Å²) in [4.78, 5) is 21.8. The molecule has 1 saturated heterocycles. The van der Waals surface area contributed by atoms with Crippen molar-refractivity contribution in [2.24, 2.45) is 0 Å². The topological polar surface area (TPSA) is 48.5 Å². The van der Waals surface area contributed by atoms with E-state index in [1.807, 2.05) is 37.3 Å². The Morgan fingerprint density at radius 2 is 1.97 bits per heavy atom. The van der Waals surface area contributed by atoms with E-state index in [9.17, 15) is 4.79 Å². The standard InChI is InChI=1S/C23H26N4OS/c1-3-26-12-14-27(15-13-26)18-8-9-19(17(2)16-18)24-22(28)10-11-23-25-20-6-4-5-7-21(20)29-23/h4-11,16H,3,12-15H2,1-2H3,(H,24,28). The number of aryl methyl sites for hydroxylation is 1. The Labute approximate surface area is 175 Å². The number of para-hydroxylation sites is 1. The molecule has 6 heteroatoms. The minimum atomic E-state index is -0.142. The number of fused-ring (bicyclic) bond motifs is 1. The summed E-state index contributed by atoms with van der Waals surface area (Å²) in [5, 5.41) is 3.82. The molecule has 0 saturated carbocycles. The monoisotopic (exact) mass is 406 g/mol. The largest absolute Gasteiger partial charge is 0.369 e. The minimum absolute atomic E-state index is 0.142. The Kier molecular flexibility index (Phi) is 5.92. The molecule has 0 unspecified atom stereocenters. The van der Waals surface area contributed by atoms with Crippen LogP contribution in [0.4, 0.5) is 11.4 Å². The number of carbonyl (C=O) groups is 1. The van der Waals surface area contributed by atoms with Gasteiger partial charge in [0.1, 0.15) is 5.01 Å². The number of hydrogen-bond donors (Lipinski definition) is 1. The Morgan fingerprint density at radius 3 is 2.69 bits per heavy atom. The van der Waals surface area contributed by atoms with Gasteiger partial charge in [-0.3, -0.25) is 4.79 Å². The number of hydrogen-bond acceptors (Lipinski definition) is 5. The van der Waals surface area contributed by atoms with Gasteiger partial charge in [-0.05, 0) is 55.4 Å². The molecule has 2 aromatic carbocycles. The summed E-state index contributed by atoms with van der Waals surface area (Å²) in [6.45, 7) is 9.66. The molecular formula is C23H26N4OS. The lowest BCUT2D eigenvalue weighted by Crippen LogP contribution is -2.46. The van der Waals surface area contributed by atoms with Crippen LogP contribution >= 0.6 is 11.3 Å². The van der Waals surface area contributed by atoms with Crippen molar-refractivity contribution >= 4 is 44.9 Å². The second-order valence-electron chi connectivity index (χ2n) is 7.26. The van der Waals surface area contributed by atoms with Crippen LogP contribution in [0.3, 0.4) is 0 Å². The third kappa shape index (κ3) is 4.66. The molecule has 1 fully saturated rings. The maximum absolute atomic E-state index is 12.4. The van der Waals surface area contributed by atoms with E-state index in [-0.39, 0.29) is 5.91 Å². The van der Waals surface area contributed by atoms with E-state index >= 15 is 0 Å². The molecule has 1 aliphatic rings. The second kappa shape index (κ2) is 8.76. The summed E-state index contributed by atoms with van der Waals surface area (Å²) < 4.78 is 1.12. The van der Waals surface area contributed by atoms with Crippen LogP contribution in [0.1, 0.15) is 17.5 Å². The van der Waals surface area contributed by atoms with E-state index < -0.39 is 0 Å². The molecule has 2 heterocycles. The number of piperazine rings is 1. The molecule has 0 spiro atoms. The number of aromatic nitrogens is 1. The third-order valence-electron chi connectivity index (χ3n) is 5.34. The highest BCUT2D eigenvalue weighted by atomic mass is 32.1. The van der Waals surface area contributed by atoms with Crippen LogP contribution in [0.2, 0.25) is 0 Å². The average Bonchev–Trinajstić information content (AvgIpc) is 3.17. The molecular weight excluding hydrogens is 380 g/mol. The molecule has 0 bridgehead atoms. The summed E-state index contributed by atoms with van der Waals surface area (Å²) in [5.74, 6) is -0.142. The first kappa shape index (κ1) is 19.6. The van der Waals surface area contributed by atoms with E-state index in [1.165, 1.54) is 5.69 Å². The number of anilines is 2. The first-order valence-electron chi connectivity index (χ1n) is 10.0. The Balaban J connectivity index is 1.39. The molecule has 1 amide bonds. The van der Waals surface area contributed by atoms with Gasteiger partial charge in [-0.25, -0.2) is 4.98 Å². The van der Waals surface area contributed by atoms with Crippen LogP contribution in [0, 0.1) is 6.92 Å². The summed E-state index contributed by atoms with van der Waals surface area (Å²) in [6.07, 6.45) is 3.33. The van der Waals surface area contributed by atoms with Crippen molar-refractivity contribution in [1.82, 2.24) is 9.88 Å². The highest BCUT2D eigenvalue weighted by Crippen LogP contribution is 2.25. The Hall–Kier alpha value is -2.70. The van der Waals surface area contributed by atoms with Gasteiger partial charge >= 0.3 is 0 Å². The van der Waals surface area contributed by atoms with Gasteiger partial charge in [0.15, 0.2) is 0 Å². The molecule has 3 aromatic rings. The zero-order valence-electron chi connectivity index (χ0n) is 16.9. The summed E-state index contributed by atoms with van der Waals surface area (Å²) in [6, 6.07) is 14.2. The predicted molar refractivity (Wildman–Crippen MR) is 123 cm³/mol. The zero-order chi connectivity index (χ0) is 20.2. The van der Waals surface area contributed by atoms with Gasteiger partial charge < -0.3 is 15.1 Å². The molecule has 1 aliphatic heterocycles. The minimum Gasteiger partial charge on any atom is -0.369 e. The van der Waals surface area contributed by atoms with E-state index in [2.05, 4.69) is 39.2 Å². The van der Waals surface area contributed by atoms with Crippen molar-refractivity contribution in [2.45, 2.75) is 13.8 Å². The van der Waals surface area contributed by atoms with Crippen molar-refractivity contribution in [1.29, 1.82) is 0 Å². The Morgan fingerprint density at radius 1 is 1.17 bits per heavy atom. The van der Waals surface area contributed by atoms with E-state index in [1.54, 1.807) is 23.5 Å². The fourth-order valence-electron chi connectivity index (χ4n) is 3.59. The van der Waals surface area contributed by atoms with Crippen molar-refractivity contribution < 1.29 is 4.79 Å². The van der Waals surface area contributed by atoms with Crippen molar-refractivity contribution in [3.63, 3.8) is 0 Å². The van der Waals surface area contributed by atoms with E-state index in [4.69, 9.17) is 0 Å². The number of amides is 1. The summed E-state index contributed by atoms with van der Waals surface area (Å²) in [7, 11) is 0. The quantitative estimate of drug-likeness (QED) is 0.638. The predicted octanol–water partition coefficient (Wildman–Crippen LogP) is 4.40. The highest BCUT2D eigenvalue weighted by molar-refractivity contribution is 7.19. The van der Waals surface area contributed by atoms with E-state index in [0.29, 0.717) is 0 Å². The zero-order valence-corrected chi connectivity index (χ0v) is 17.7. The molecule has 0 aliphatic carbocycles. The Bertz CT molecular complexity index is 1000. The summed E-state index contributed by atoms with van der Waals surface area (Å²) >= 11 is 1.58. The molecule has 0 radical (unpaired) electrons.